The Morgan fingerprint density at radius 2 is 1.94 bits per heavy atom. The van der Waals surface area contributed by atoms with Gasteiger partial charge in [-0.1, -0.05) is 24.3 Å². The van der Waals surface area contributed by atoms with Crippen LogP contribution in [-0.4, -0.2) is 59.8 Å². The first-order valence-electron chi connectivity index (χ1n) is 14.3. The zero-order chi connectivity index (χ0) is 30.0. The lowest BCUT2D eigenvalue weighted by Crippen LogP contribution is -2.52. The molecule has 1 N–H and O–H groups in total. The summed E-state index contributed by atoms with van der Waals surface area (Å²) in [7, 11) is 0. The fourth-order valence-corrected chi connectivity index (χ4v) is 3.86. The first-order chi connectivity index (χ1) is 19.1. The van der Waals surface area contributed by atoms with Crippen molar-refractivity contribution in [1.29, 1.82) is 0 Å². The van der Waals surface area contributed by atoms with Crippen molar-refractivity contribution in [2.75, 3.05) is 26.3 Å². The summed E-state index contributed by atoms with van der Waals surface area (Å²) >= 11 is 0. The normalized spacial score (nSPS) is 28.4. The summed E-state index contributed by atoms with van der Waals surface area (Å²) in [6, 6.07) is 4.76. The fourth-order valence-electron chi connectivity index (χ4n) is 3.86. The van der Waals surface area contributed by atoms with Gasteiger partial charge >= 0.3 is 0 Å². The number of halogens is 1. The molecule has 1 unspecified atom stereocenters. The molecule has 0 spiro atoms. The monoisotopic (exact) mass is 474 g/mol. The number of ether oxygens (including phenoxy) is 2. The van der Waals surface area contributed by atoms with Crippen molar-refractivity contribution in [3.05, 3.63) is 64.5 Å². The van der Waals surface area contributed by atoms with Gasteiger partial charge in [0.1, 0.15) is 24.1 Å². The maximum absolute atomic E-state index is 15.8. The highest BCUT2D eigenvalue weighted by molar-refractivity contribution is 6.05. The molecule has 2 aromatic carbocycles. The third-order valence-corrected chi connectivity index (χ3v) is 5.62. The second-order valence-corrected chi connectivity index (χ2v) is 7.84. The average molecular weight is 475 g/mol. The van der Waals surface area contributed by atoms with Gasteiger partial charge in [0.25, 0.3) is 5.91 Å². The number of imide groups is 1. The van der Waals surface area contributed by atoms with Gasteiger partial charge in [-0.25, -0.2) is 4.39 Å². The van der Waals surface area contributed by atoms with Gasteiger partial charge < -0.3 is 14.4 Å². The van der Waals surface area contributed by atoms with E-state index in [1.165, 1.54) is 35.2 Å². The van der Waals surface area contributed by atoms with Crippen LogP contribution in [0.5, 0.6) is 5.75 Å². The summed E-state index contributed by atoms with van der Waals surface area (Å²) < 4.78 is 86.8. The van der Waals surface area contributed by atoms with Gasteiger partial charge in [0.05, 0.1) is 26.6 Å². The van der Waals surface area contributed by atoms with E-state index in [4.69, 9.17) is 19.1 Å². The van der Waals surface area contributed by atoms with Crippen LogP contribution < -0.4 is 10.1 Å². The quantitative estimate of drug-likeness (QED) is 0.645. The standard InChI is InChI=1S/C25H26FN3O5/c26-23-16(13-28-9-11-33-12-10-28)3-1-4-17(23)15-34-21-6-2-5-18-19(21)14-29(25(18)32)20-7-8-22(30)27-24(20)31/h1-6,20H,7-15H2,(H,27,30,31)/i13D2,14D2,15D2,20D. The number of carbonyl (C=O) groups is 3. The molecule has 3 amide bonds. The third kappa shape index (κ3) is 4.41. The highest BCUT2D eigenvalue weighted by Gasteiger charge is 2.40. The minimum absolute atomic E-state index is 0.194. The van der Waals surface area contributed by atoms with E-state index in [2.05, 4.69) is 0 Å². The average Bonchev–Trinajstić information content (AvgIpc) is 3.12. The van der Waals surface area contributed by atoms with Crippen LogP contribution in [0.3, 0.4) is 0 Å². The number of piperidine rings is 1. The van der Waals surface area contributed by atoms with Gasteiger partial charge in [-0.3, -0.25) is 24.6 Å². The van der Waals surface area contributed by atoms with Crippen LogP contribution in [-0.2, 0) is 33.9 Å². The Labute approximate surface area is 206 Å². The second kappa shape index (κ2) is 9.52. The second-order valence-electron chi connectivity index (χ2n) is 7.84. The smallest absolute Gasteiger partial charge is 0.255 e. The molecule has 8 nitrogen and oxygen atoms in total. The molecule has 0 bridgehead atoms. The summed E-state index contributed by atoms with van der Waals surface area (Å²) in [6.07, 6.45) is -0.762. The lowest BCUT2D eigenvalue weighted by molar-refractivity contribution is -0.136. The molecule has 3 aliphatic heterocycles. The van der Waals surface area contributed by atoms with Crippen molar-refractivity contribution in [2.24, 2.45) is 0 Å². The number of amides is 3. The zero-order valence-electron chi connectivity index (χ0n) is 25.0. The van der Waals surface area contributed by atoms with Crippen LogP contribution in [0.4, 0.5) is 4.39 Å². The van der Waals surface area contributed by atoms with Gasteiger partial charge in [0, 0.05) is 51.0 Å². The molecule has 2 fully saturated rings. The van der Waals surface area contributed by atoms with E-state index in [1.807, 2.05) is 5.32 Å². The lowest BCUT2D eigenvalue weighted by atomic mass is 10.0. The maximum atomic E-state index is 15.8. The molecule has 0 aromatic heterocycles. The minimum Gasteiger partial charge on any atom is -0.488 e. The van der Waals surface area contributed by atoms with E-state index in [9.17, 15) is 14.4 Å². The van der Waals surface area contributed by atoms with E-state index in [-0.39, 0.29) is 38.3 Å². The van der Waals surface area contributed by atoms with E-state index in [0.717, 1.165) is 6.07 Å². The molecule has 0 saturated carbocycles. The Morgan fingerprint density at radius 3 is 2.74 bits per heavy atom. The Bertz CT molecular complexity index is 1440. The number of fused-ring (bicyclic) bond motifs is 1. The molecular formula is C25H26FN3O5. The first kappa shape index (κ1) is 15.6. The summed E-state index contributed by atoms with van der Waals surface area (Å²) in [5.74, 6) is -4.56. The van der Waals surface area contributed by atoms with Gasteiger partial charge in [-0.2, -0.15) is 0 Å². The predicted octanol–water partition coefficient (Wildman–Crippen LogP) is 2.00. The van der Waals surface area contributed by atoms with E-state index in [0.29, 0.717) is 4.90 Å². The highest BCUT2D eigenvalue weighted by atomic mass is 19.1. The largest absolute Gasteiger partial charge is 0.488 e. The van der Waals surface area contributed by atoms with Crippen molar-refractivity contribution in [3.8, 4) is 5.75 Å². The van der Waals surface area contributed by atoms with Gasteiger partial charge in [-0.15, -0.1) is 0 Å². The summed E-state index contributed by atoms with van der Waals surface area (Å²) in [5, 5.41) is 1.95. The van der Waals surface area contributed by atoms with E-state index >= 15 is 4.39 Å². The number of carbonyl (C=O) groups excluding carboxylic acids is 3. The first-order valence-corrected chi connectivity index (χ1v) is 10.8. The van der Waals surface area contributed by atoms with E-state index in [1.54, 1.807) is 0 Å². The Hall–Kier alpha value is -3.30. The lowest BCUT2D eigenvalue weighted by Gasteiger charge is -2.29. The Kier molecular flexibility index (Phi) is 4.36. The molecule has 9 heteroatoms. The number of nitrogens with one attached hydrogen (secondary N) is 1. The minimum atomic E-state index is -2.98. The van der Waals surface area contributed by atoms with E-state index < -0.39 is 78.0 Å². The van der Waals surface area contributed by atoms with Crippen molar-refractivity contribution in [1.82, 2.24) is 15.1 Å². The number of benzene rings is 2. The third-order valence-electron chi connectivity index (χ3n) is 5.62. The Balaban J connectivity index is 1.51. The van der Waals surface area contributed by atoms with Crippen molar-refractivity contribution in [2.45, 2.75) is 38.4 Å². The molecular weight excluding hydrogens is 441 g/mol. The predicted molar refractivity (Wildman–Crippen MR) is 119 cm³/mol. The van der Waals surface area contributed by atoms with Crippen molar-refractivity contribution >= 4 is 17.7 Å². The van der Waals surface area contributed by atoms with Crippen LogP contribution in [0.1, 0.15) is 49.5 Å². The van der Waals surface area contributed by atoms with Crippen LogP contribution in [0, 0.1) is 5.82 Å². The molecule has 2 saturated heterocycles. The molecule has 0 aliphatic carbocycles. The van der Waals surface area contributed by atoms with Crippen LogP contribution in [0.25, 0.3) is 0 Å². The molecule has 3 aliphatic rings. The summed E-state index contributed by atoms with van der Waals surface area (Å²) in [6.45, 7) is -7.25. The fraction of sp³-hybridized carbons (Fsp3) is 0.400. The Morgan fingerprint density at radius 1 is 1.18 bits per heavy atom. The summed E-state index contributed by atoms with van der Waals surface area (Å²) in [5.41, 5.74) is -1.84. The molecule has 1 atom stereocenters. The topological polar surface area (TPSA) is 88.2 Å². The number of morpholine rings is 1. The van der Waals surface area contributed by atoms with Gasteiger partial charge in [0.15, 0.2) is 0 Å². The van der Waals surface area contributed by atoms with Crippen molar-refractivity contribution < 1.29 is 37.8 Å². The molecule has 0 radical (unpaired) electrons. The highest BCUT2D eigenvalue weighted by Crippen LogP contribution is 2.34. The van der Waals surface area contributed by atoms with Gasteiger partial charge in [-0.05, 0) is 18.6 Å². The molecule has 5 rings (SSSR count). The van der Waals surface area contributed by atoms with Gasteiger partial charge in [0.2, 0.25) is 11.8 Å². The SMILES string of the molecule is [2H]C([2H])(Oc1cccc2c1C([2H])([2H])N(C1([2H])CCC(=O)NC1=O)C2=O)c1cccc(C([2H])([2H])N2CCOCC2)c1F. The van der Waals surface area contributed by atoms with Crippen LogP contribution in [0.2, 0.25) is 0 Å². The molecule has 178 valence electrons. The van der Waals surface area contributed by atoms with Crippen LogP contribution in [0.15, 0.2) is 36.4 Å². The number of nitrogens with zero attached hydrogens (tertiary/aromatic N) is 2. The molecule has 3 heterocycles. The number of rotatable bonds is 6. The van der Waals surface area contributed by atoms with Crippen molar-refractivity contribution in [3.63, 3.8) is 0 Å². The molecule has 34 heavy (non-hydrogen) atoms. The zero-order valence-corrected chi connectivity index (χ0v) is 18.0. The maximum Gasteiger partial charge on any atom is 0.255 e. The summed E-state index contributed by atoms with van der Waals surface area (Å²) in [4.78, 5) is 39.4. The molecule has 2 aromatic rings. The number of hydrogen-bond acceptors (Lipinski definition) is 6. The van der Waals surface area contributed by atoms with Crippen LogP contribution >= 0.6 is 0 Å². The number of hydrogen-bond donors (Lipinski definition) is 1.